The van der Waals surface area contributed by atoms with Gasteiger partial charge in [-0.2, -0.15) is 0 Å². The standard InChI is InChI=1S/C17H17ClN2O2S/c18-15-5-6-16(22-15)23-13-3-1-10(2-4-13)17(21)20-14-8-12-7-11(14)9-19-12/h1-6,11-12,14,19H,7-9H2,(H,20,21). The van der Waals surface area contributed by atoms with Crippen LogP contribution in [0.1, 0.15) is 23.2 Å². The minimum Gasteiger partial charge on any atom is -0.438 e. The van der Waals surface area contributed by atoms with Gasteiger partial charge in [-0.3, -0.25) is 4.79 Å². The zero-order chi connectivity index (χ0) is 15.8. The number of fused-ring (bicyclic) bond motifs is 2. The molecule has 0 spiro atoms. The number of hydrogen-bond donors (Lipinski definition) is 2. The van der Waals surface area contributed by atoms with E-state index in [0.29, 0.717) is 28.8 Å². The van der Waals surface area contributed by atoms with Crippen molar-refractivity contribution in [2.75, 3.05) is 6.54 Å². The molecule has 2 fully saturated rings. The smallest absolute Gasteiger partial charge is 0.251 e. The molecule has 2 bridgehead atoms. The van der Waals surface area contributed by atoms with Crippen LogP contribution in [0.5, 0.6) is 0 Å². The average molecular weight is 349 g/mol. The summed E-state index contributed by atoms with van der Waals surface area (Å²) in [5.41, 5.74) is 0.697. The first kappa shape index (κ1) is 15.1. The second-order valence-electron chi connectivity index (χ2n) is 6.10. The van der Waals surface area contributed by atoms with E-state index in [1.54, 1.807) is 6.07 Å². The average Bonchev–Trinajstić information content (AvgIpc) is 3.25. The summed E-state index contributed by atoms with van der Waals surface area (Å²) in [4.78, 5) is 13.4. The Morgan fingerprint density at radius 1 is 1.22 bits per heavy atom. The van der Waals surface area contributed by atoms with E-state index in [0.717, 1.165) is 23.0 Å². The number of rotatable bonds is 4. The molecular formula is C17H17ClN2O2S. The van der Waals surface area contributed by atoms with Crippen molar-refractivity contribution in [3.8, 4) is 0 Å². The summed E-state index contributed by atoms with van der Waals surface area (Å²) in [6.45, 7) is 1.02. The maximum Gasteiger partial charge on any atom is 0.251 e. The van der Waals surface area contributed by atoms with Gasteiger partial charge >= 0.3 is 0 Å². The number of carbonyl (C=O) groups excluding carboxylic acids is 1. The van der Waals surface area contributed by atoms with Crippen molar-refractivity contribution in [1.29, 1.82) is 0 Å². The van der Waals surface area contributed by atoms with E-state index in [4.69, 9.17) is 16.0 Å². The normalized spacial score (nSPS) is 25.7. The van der Waals surface area contributed by atoms with E-state index in [-0.39, 0.29) is 5.91 Å². The van der Waals surface area contributed by atoms with Gasteiger partial charge in [-0.1, -0.05) is 11.8 Å². The van der Waals surface area contributed by atoms with Crippen molar-refractivity contribution in [2.24, 2.45) is 5.92 Å². The SMILES string of the molecule is O=C(NC1CC2CC1CN2)c1ccc(Sc2ccc(Cl)o2)cc1. The van der Waals surface area contributed by atoms with Crippen LogP contribution in [0.15, 0.2) is 50.8 Å². The van der Waals surface area contributed by atoms with E-state index in [2.05, 4.69) is 10.6 Å². The van der Waals surface area contributed by atoms with Gasteiger partial charge in [-0.15, -0.1) is 0 Å². The van der Waals surface area contributed by atoms with Gasteiger partial charge < -0.3 is 15.1 Å². The van der Waals surface area contributed by atoms with Crippen LogP contribution in [0.4, 0.5) is 0 Å². The predicted octanol–water partition coefficient (Wildman–Crippen LogP) is 3.56. The van der Waals surface area contributed by atoms with Gasteiger partial charge in [0.25, 0.3) is 5.91 Å². The highest BCUT2D eigenvalue weighted by atomic mass is 35.5. The Kier molecular flexibility index (Phi) is 4.09. The zero-order valence-corrected chi connectivity index (χ0v) is 14.0. The summed E-state index contributed by atoms with van der Waals surface area (Å²) < 4.78 is 5.33. The van der Waals surface area contributed by atoms with Gasteiger partial charge in [-0.05, 0) is 66.8 Å². The number of benzene rings is 1. The minimum atomic E-state index is 0.0140. The quantitative estimate of drug-likeness (QED) is 0.887. The summed E-state index contributed by atoms with van der Waals surface area (Å²) >= 11 is 7.24. The molecule has 2 aromatic rings. The van der Waals surface area contributed by atoms with Crippen molar-refractivity contribution in [3.63, 3.8) is 0 Å². The second-order valence-corrected chi connectivity index (χ2v) is 7.55. The highest BCUT2D eigenvalue weighted by molar-refractivity contribution is 7.99. The lowest BCUT2D eigenvalue weighted by molar-refractivity contribution is 0.0925. The maximum atomic E-state index is 12.4. The molecule has 2 N–H and O–H groups in total. The van der Waals surface area contributed by atoms with E-state index < -0.39 is 0 Å². The Balaban J connectivity index is 1.38. The van der Waals surface area contributed by atoms with Crippen LogP contribution in [0.3, 0.4) is 0 Å². The molecule has 2 aliphatic rings. The third kappa shape index (κ3) is 3.27. The molecule has 1 aliphatic carbocycles. The fourth-order valence-corrected chi connectivity index (χ4v) is 4.37. The molecule has 3 unspecified atom stereocenters. The fraction of sp³-hybridized carbons (Fsp3) is 0.353. The molecule has 23 heavy (non-hydrogen) atoms. The van der Waals surface area contributed by atoms with Crippen molar-refractivity contribution >= 4 is 29.3 Å². The number of hydrogen-bond acceptors (Lipinski definition) is 4. The number of nitrogens with one attached hydrogen (secondary N) is 2. The van der Waals surface area contributed by atoms with Gasteiger partial charge in [0.2, 0.25) is 0 Å². The third-order valence-corrected chi connectivity index (χ3v) is 5.70. The van der Waals surface area contributed by atoms with Crippen molar-refractivity contribution in [1.82, 2.24) is 10.6 Å². The molecule has 2 heterocycles. The van der Waals surface area contributed by atoms with Crippen LogP contribution < -0.4 is 10.6 Å². The molecule has 4 rings (SSSR count). The van der Waals surface area contributed by atoms with Gasteiger partial charge in [0.15, 0.2) is 10.3 Å². The first-order chi connectivity index (χ1) is 11.2. The Morgan fingerprint density at radius 2 is 2.04 bits per heavy atom. The number of piperidine rings is 1. The molecule has 1 saturated carbocycles. The maximum absolute atomic E-state index is 12.4. The van der Waals surface area contributed by atoms with Crippen LogP contribution in [0.2, 0.25) is 5.22 Å². The minimum absolute atomic E-state index is 0.0140. The van der Waals surface area contributed by atoms with Gasteiger partial charge in [0.1, 0.15) is 0 Å². The highest BCUT2D eigenvalue weighted by Crippen LogP contribution is 2.32. The van der Waals surface area contributed by atoms with Crippen LogP contribution in [0.25, 0.3) is 0 Å². The lowest BCUT2D eigenvalue weighted by atomic mass is 10.0. The van der Waals surface area contributed by atoms with Crippen LogP contribution in [-0.4, -0.2) is 24.5 Å². The first-order valence-corrected chi connectivity index (χ1v) is 8.94. The zero-order valence-electron chi connectivity index (χ0n) is 12.4. The largest absolute Gasteiger partial charge is 0.438 e. The Labute approximate surface area is 144 Å². The second kappa shape index (κ2) is 6.23. The van der Waals surface area contributed by atoms with E-state index in [9.17, 15) is 4.79 Å². The highest BCUT2D eigenvalue weighted by Gasteiger charge is 2.39. The molecule has 3 atom stereocenters. The summed E-state index contributed by atoms with van der Waals surface area (Å²) in [5.74, 6) is 0.600. The lowest BCUT2D eigenvalue weighted by Crippen LogP contribution is -2.44. The molecule has 4 nitrogen and oxygen atoms in total. The third-order valence-electron chi connectivity index (χ3n) is 4.56. The Bertz CT molecular complexity index is 716. The molecule has 6 heteroatoms. The van der Waals surface area contributed by atoms with Crippen LogP contribution in [-0.2, 0) is 0 Å². The topological polar surface area (TPSA) is 54.3 Å². The fourth-order valence-electron chi connectivity index (χ4n) is 3.41. The van der Waals surface area contributed by atoms with Crippen LogP contribution >= 0.6 is 23.4 Å². The molecule has 1 amide bonds. The number of halogens is 1. The predicted molar refractivity (Wildman–Crippen MR) is 90.1 cm³/mol. The summed E-state index contributed by atoms with van der Waals surface area (Å²) in [6, 6.07) is 12.0. The Hall–Kier alpha value is -1.43. The van der Waals surface area contributed by atoms with Crippen molar-refractivity contribution < 1.29 is 9.21 Å². The summed E-state index contributed by atoms with van der Waals surface area (Å²) in [6.07, 6.45) is 2.23. The molecule has 1 aliphatic heterocycles. The molecular weight excluding hydrogens is 332 g/mol. The van der Waals surface area contributed by atoms with Crippen molar-refractivity contribution in [3.05, 3.63) is 47.2 Å². The van der Waals surface area contributed by atoms with Crippen LogP contribution in [0, 0.1) is 5.92 Å². The van der Waals surface area contributed by atoms with E-state index in [1.807, 2.05) is 30.3 Å². The molecule has 120 valence electrons. The Morgan fingerprint density at radius 3 is 2.65 bits per heavy atom. The summed E-state index contributed by atoms with van der Waals surface area (Å²) in [7, 11) is 0. The van der Waals surface area contributed by atoms with Gasteiger partial charge in [0.05, 0.1) is 0 Å². The van der Waals surface area contributed by atoms with Crippen molar-refractivity contribution in [2.45, 2.75) is 34.9 Å². The van der Waals surface area contributed by atoms with Gasteiger partial charge in [0, 0.05) is 29.1 Å². The molecule has 1 saturated heterocycles. The molecule has 1 aromatic heterocycles. The number of amides is 1. The molecule has 1 aromatic carbocycles. The molecule has 0 radical (unpaired) electrons. The summed E-state index contributed by atoms with van der Waals surface area (Å²) in [5, 5.41) is 7.75. The number of carbonyl (C=O) groups is 1. The monoisotopic (exact) mass is 348 g/mol. The van der Waals surface area contributed by atoms with E-state index >= 15 is 0 Å². The lowest BCUT2D eigenvalue weighted by Gasteiger charge is -2.23. The van der Waals surface area contributed by atoms with E-state index in [1.165, 1.54) is 18.2 Å². The number of furan rings is 1. The van der Waals surface area contributed by atoms with Gasteiger partial charge in [-0.25, -0.2) is 0 Å². The first-order valence-electron chi connectivity index (χ1n) is 7.75.